The standard InChI is InChI=1S/C16H20N4O/c1-2-12-18-16(20-17)19-13-8-10-15(11-9-13)21-14-6-4-3-5-7-14/h3-11H,2,12,17H2,1H3,(H2,18,19,20). The fraction of sp³-hybridized carbons (Fsp3) is 0.188. The summed E-state index contributed by atoms with van der Waals surface area (Å²) in [6.45, 7) is 2.79. The number of rotatable bonds is 5. The monoisotopic (exact) mass is 284 g/mol. The highest BCUT2D eigenvalue weighted by Crippen LogP contribution is 2.22. The highest BCUT2D eigenvalue weighted by Gasteiger charge is 2.00. The van der Waals surface area contributed by atoms with Crippen molar-refractivity contribution in [2.24, 2.45) is 10.8 Å². The molecule has 0 saturated heterocycles. The molecule has 0 atom stereocenters. The van der Waals surface area contributed by atoms with Gasteiger partial charge in [0.05, 0.1) is 0 Å². The third kappa shape index (κ3) is 4.81. The summed E-state index contributed by atoms with van der Waals surface area (Å²) in [5.74, 6) is 7.56. The Morgan fingerprint density at radius 1 is 1.05 bits per heavy atom. The Hall–Kier alpha value is -2.53. The van der Waals surface area contributed by atoms with Crippen LogP contribution >= 0.6 is 0 Å². The number of para-hydroxylation sites is 1. The van der Waals surface area contributed by atoms with E-state index in [1.54, 1.807) is 0 Å². The van der Waals surface area contributed by atoms with E-state index in [-0.39, 0.29) is 0 Å². The van der Waals surface area contributed by atoms with Gasteiger partial charge in [0.25, 0.3) is 0 Å². The molecule has 110 valence electrons. The SMILES string of the molecule is CCCN=C(NN)Nc1ccc(Oc2ccccc2)cc1. The number of hydrazine groups is 1. The van der Waals surface area contributed by atoms with Crippen molar-refractivity contribution in [1.82, 2.24) is 5.43 Å². The van der Waals surface area contributed by atoms with Crippen LogP contribution in [0.5, 0.6) is 11.5 Å². The zero-order chi connectivity index (χ0) is 14.9. The van der Waals surface area contributed by atoms with E-state index in [1.807, 2.05) is 54.6 Å². The number of ether oxygens (including phenoxy) is 1. The van der Waals surface area contributed by atoms with Crippen LogP contribution in [0.4, 0.5) is 5.69 Å². The fourth-order valence-corrected chi connectivity index (χ4v) is 1.71. The molecular formula is C16H20N4O. The van der Waals surface area contributed by atoms with Crippen LogP contribution in [-0.4, -0.2) is 12.5 Å². The van der Waals surface area contributed by atoms with Gasteiger partial charge in [0.15, 0.2) is 0 Å². The second-order valence-corrected chi connectivity index (χ2v) is 4.44. The first-order chi connectivity index (χ1) is 10.3. The Bertz CT molecular complexity index is 567. The lowest BCUT2D eigenvalue weighted by Crippen LogP contribution is -2.36. The van der Waals surface area contributed by atoms with Gasteiger partial charge in [-0.2, -0.15) is 0 Å². The van der Waals surface area contributed by atoms with Gasteiger partial charge in [-0.3, -0.25) is 10.4 Å². The number of benzene rings is 2. The molecule has 0 bridgehead atoms. The molecule has 0 saturated carbocycles. The van der Waals surface area contributed by atoms with Crippen LogP contribution in [0.1, 0.15) is 13.3 Å². The van der Waals surface area contributed by atoms with Gasteiger partial charge in [-0.1, -0.05) is 25.1 Å². The molecule has 0 amide bonds. The van der Waals surface area contributed by atoms with Crippen LogP contribution in [0, 0.1) is 0 Å². The maximum Gasteiger partial charge on any atom is 0.210 e. The summed E-state index contributed by atoms with van der Waals surface area (Å²) in [5.41, 5.74) is 3.44. The van der Waals surface area contributed by atoms with Crippen molar-refractivity contribution in [1.29, 1.82) is 0 Å². The van der Waals surface area contributed by atoms with Crippen molar-refractivity contribution in [2.45, 2.75) is 13.3 Å². The first-order valence-corrected chi connectivity index (χ1v) is 6.93. The van der Waals surface area contributed by atoms with E-state index in [2.05, 4.69) is 22.7 Å². The largest absolute Gasteiger partial charge is 0.457 e. The summed E-state index contributed by atoms with van der Waals surface area (Å²) in [6.07, 6.45) is 0.969. The molecule has 0 aliphatic heterocycles. The predicted octanol–water partition coefficient (Wildman–Crippen LogP) is 3.12. The van der Waals surface area contributed by atoms with Crippen LogP contribution in [0.25, 0.3) is 0 Å². The van der Waals surface area contributed by atoms with Gasteiger partial charge in [0.1, 0.15) is 11.5 Å². The average Bonchev–Trinajstić information content (AvgIpc) is 2.54. The molecule has 21 heavy (non-hydrogen) atoms. The van der Waals surface area contributed by atoms with Crippen LogP contribution in [0.15, 0.2) is 59.6 Å². The lowest BCUT2D eigenvalue weighted by atomic mass is 10.3. The molecule has 0 aliphatic rings. The fourth-order valence-electron chi connectivity index (χ4n) is 1.71. The van der Waals surface area contributed by atoms with Crippen molar-refractivity contribution >= 4 is 11.6 Å². The van der Waals surface area contributed by atoms with E-state index in [0.29, 0.717) is 5.96 Å². The molecule has 0 aromatic heterocycles. The summed E-state index contributed by atoms with van der Waals surface area (Å²) < 4.78 is 5.73. The van der Waals surface area contributed by atoms with Crippen LogP contribution in [0.3, 0.4) is 0 Å². The summed E-state index contributed by atoms with van der Waals surface area (Å²) in [5, 5.41) is 3.11. The van der Waals surface area contributed by atoms with Gasteiger partial charge in [-0.15, -0.1) is 0 Å². The Kier molecular flexibility index (Phi) is 5.60. The number of nitrogens with one attached hydrogen (secondary N) is 2. The lowest BCUT2D eigenvalue weighted by Gasteiger charge is -2.10. The Morgan fingerprint density at radius 2 is 1.71 bits per heavy atom. The molecule has 0 fully saturated rings. The summed E-state index contributed by atoms with van der Waals surface area (Å²) in [7, 11) is 0. The first kappa shape index (κ1) is 14.9. The molecular weight excluding hydrogens is 264 g/mol. The van der Waals surface area contributed by atoms with Gasteiger partial charge in [0.2, 0.25) is 5.96 Å². The lowest BCUT2D eigenvalue weighted by molar-refractivity contribution is 0.483. The van der Waals surface area contributed by atoms with E-state index in [9.17, 15) is 0 Å². The summed E-state index contributed by atoms with van der Waals surface area (Å²) in [4.78, 5) is 4.28. The number of hydrogen-bond acceptors (Lipinski definition) is 3. The molecule has 0 aliphatic carbocycles. The van der Waals surface area contributed by atoms with E-state index in [0.717, 1.165) is 30.2 Å². The topological polar surface area (TPSA) is 71.7 Å². The molecule has 5 heteroatoms. The molecule has 2 aromatic rings. The maximum absolute atomic E-state index is 5.73. The maximum atomic E-state index is 5.73. The smallest absolute Gasteiger partial charge is 0.210 e. The van der Waals surface area contributed by atoms with Gasteiger partial charge in [0, 0.05) is 12.2 Å². The molecule has 0 spiro atoms. The Labute approximate surface area is 124 Å². The van der Waals surface area contributed by atoms with E-state index in [1.165, 1.54) is 0 Å². The third-order valence-corrected chi connectivity index (χ3v) is 2.73. The van der Waals surface area contributed by atoms with Crippen molar-refractivity contribution in [3.8, 4) is 11.5 Å². The quantitative estimate of drug-likeness (QED) is 0.341. The number of guanidine groups is 1. The Balaban J connectivity index is 1.98. The minimum absolute atomic E-state index is 0.550. The summed E-state index contributed by atoms with van der Waals surface area (Å²) >= 11 is 0. The second kappa shape index (κ2) is 7.91. The normalized spacial score (nSPS) is 11.0. The highest BCUT2D eigenvalue weighted by atomic mass is 16.5. The molecule has 2 aromatic carbocycles. The van der Waals surface area contributed by atoms with Crippen molar-refractivity contribution in [3.05, 3.63) is 54.6 Å². The number of nitrogens with two attached hydrogens (primary N) is 1. The van der Waals surface area contributed by atoms with Crippen molar-refractivity contribution in [3.63, 3.8) is 0 Å². The van der Waals surface area contributed by atoms with Gasteiger partial charge in [-0.25, -0.2) is 5.84 Å². The van der Waals surface area contributed by atoms with E-state index < -0.39 is 0 Å². The van der Waals surface area contributed by atoms with Crippen molar-refractivity contribution < 1.29 is 4.74 Å². The molecule has 0 unspecified atom stereocenters. The third-order valence-electron chi connectivity index (χ3n) is 2.73. The molecule has 5 nitrogen and oxygen atoms in total. The minimum Gasteiger partial charge on any atom is -0.457 e. The van der Waals surface area contributed by atoms with E-state index in [4.69, 9.17) is 10.6 Å². The van der Waals surface area contributed by atoms with E-state index >= 15 is 0 Å². The van der Waals surface area contributed by atoms with Gasteiger partial charge >= 0.3 is 0 Å². The van der Waals surface area contributed by atoms with Gasteiger partial charge < -0.3 is 10.1 Å². The zero-order valence-corrected chi connectivity index (χ0v) is 12.0. The molecule has 0 radical (unpaired) electrons. The zero-order valence-electron chi connectivity index (χ0n) is 12.0. The molecule has 2 rings (SSSR count). The van der Waals surface area contributed by atoms with Crippen molar-refractivity contribution in [2.75, 3.05) is 11.9 Å². The predicted molar refractivity (Wildman–Crippen MR) is 86.5 cm³/mol. The van der Waals surface area contributed by atoms with Crippen LogP contribution in [-0.2, 0) is 0 Å². The number of nitrogens with zero attached hydrogens (tertiary/aromatic N) is 1. The van der Waals surface area contributed by atoms with Gasteiger partial charge in [-0.05, 0) is 42.8 Å². The highest BCUT2D eigenvalue weighted by molar-refractivity contribution is 5.93. The molecule has 4 N–H and O–H groups in total. The minimum atomic E-state index is 0.550. The van der Waals surface area contributed by atoms with Crippen LogP contribution < -0.4 is 21.3 Å². The number of aliphatic imine (C=N–C) groups is 1. The molecule has 0 heterocycles. The van der Waals surface area contributed by atoms with Crippen LogP contribution in [0.2, 0.25) is 0 Å². The summed E-state index contributed by atoms with van der Waals surface area (Å²) in [6, 6.07) is 17.3. The second-order valence-electron chi connectivity index (χ2n) is 4.44. The average molecular weight is 284 g/mol. The number of anilines is 1. The Morgan fingerprint density at radius 3 is 2.33 bits per heavy atom. The first-order valence-electron chi connectivity index (χ1n) is 6.93. The number of hydrogen-bond donors (Lipinski definition) is 3.